The highest BCUT2D eigenvalue weighted by molar-refractivity contribution is 6.04. The maximum atomic E-state index is 14.4. The minimum Gasteiger partial charge on any atom is -0.386 e. The highest BCUT2D eigenvalue weighted by Gasteiger charge is 2.27. The van der Waals surface area contributed by atoms with E-state index < -0.39 is 17.2 Å². The predicted octanol–water partition coefficient (Wildman–Crippen LogP) is 6.50. The number of carbonyl (C=O) groups excluding carboxylic acids is 1. The highest BCUT2D eigenvalue weighted by Crippen LogP contribution is 2.37. The fraction of sp³-hybridized carbons (Fsp3) is 0.536. The zero-order chi connectivity index (χ0) is 25.5. The van der Waals surface area contributed by atoms with Gasteiger partial charge in [0.2, 0.25) is 0 Å². The van der Waals surface area contributed by atoms with Crippen molar-refractivity contribution in [3.05, 3.63) is 53.5 Å². The third-order valence-corrected chi connectivity index (χ3v) is 7.22. The lowest BCUT2D eigenvalue weighted by molar-refractivity contribution is 0.0793. The van der Waals surface area contributed by atoms with Crippen LogP contribution in [0.1, 0.15) is 95.0 Å². The molecular weight excluding hydrogens is 443 g/mol. The summed E-state index contributed by atoms with van der Waals surface area (Å²) in [6.45, 7) is 10.8. The van der Waals surface area contributed by atoms with Crippen molar-refractivity contribution in [2.75, 3.05) is 5.32 Å². The van der Waals surface area contributed by atoms with E-state index >= 15 is 0 Å². The maximum Gasteiger partial charge on any atom is 0.274 e. The quantitative estimate of drug-likeness (QED) is 0.422. The lowest BCUT2D eigenvalue weighted by Gasteiger charge is -2.30. The van der Waals surface area contributed by atoms with Gasteiger partial charge in [0.05, 0.1) is 22.9 Å². The second kappa shape index (κ2) is 9.34. The van der Waals surface area contributed by atoms with E-state index in [0.717, 1.165) is 29.7 Å². The molecule has 0 spiro atoms. The van der Waals surface area contributed by atoms with Crippen LogP contribution in [-0.2, 0) is 11.3 Å². The Labute approximate surface area is 207 Å². The fourth-order valence-electron chi connectivity index (χ4n) is 5.00. The summed E-state index contributed by atoms with van der Waals surface area (Å²) in [5.41, 5.74) is -0.712. The second-order valence-electron chi connectivity index (χ2n) is 11.3. The minimum absolute atomic E-state index is 0.118. The van der Waals surface area contributed by atoms with Gasteiger partial charge < -0.3 is 10.4 Å². The van der Waals surface area contributed by atoms with Crippen LogP contribution in [0.2, 0.25) is 0 Å². The van der Waals surface area contributed by atoms with E-state index in [1.807, 2.05) is 18.3 Å². The Kier molecular flexibility index (Phi) is 6.75. The van der Waals surface area contributed by atoms with Crippen LogP contribution in [0.5, 0.6) is 0 Å². The van der Waals surface area contributed by atoms with Gasteiger partial charge in [0.1, 0.15) is 11.4 Å². The molecule has 1 aliphatic rings. The van der Waals surface area contributed by atoms with Gasteiger partial charge in [-0.25, -0.2) is 9.37 Å². The van der Waals surface area contributed by atoms with Gasteiger partial charge in [-0.3, -0.25) is 9.48 Å². The molecule has 2 N–H and O–H groups in total. The summed E-state index contributed by atoms with van der Waals surface area (Å²) in [6.07, 6.45) is 6.65. The van der Waals surface area contributed by atoms with Crippen LogP contribution in [0.15, 0.2) is 36.5 Å². The third kappa shape index (κ3) is 5.56. The summed E-state index contributed by atoms with van der Waals surface area (Å²) in [7, 11) is 0. The van der Waals surface area contributed by atoms with E-state index in [0.29, 0.717) is 23.2 Å². The van der Waals surface area contributed by atoms with Gasteiger partial charge in [0, 0.05) is 22.8 Å². The molecule has 2 heterocycles. The molecule has 0 aliphatic heterocycles. The molecule has 0 bridgehead atoms. The number of aliphatic hydroxyl groups is 1. The number of hydrogen-bond donors (Lipinski definition) is 2. The largest absolute Gasteiger partial charge is 0.386 e. The molecular formula is C28H37FN4O2. The number of nitrogens with zero attached hydrogens (tertiary/aromatic N) is 3. The first-order chi connectivity index (χ1) is 16.3. The summed E-state index contributed by atoms with van der Waals surface area (Å²) >= 11 is 0. The first-order valence-corrected chi connectivity index (χ1v) is 12.6. The van der Waals surface area contributed by atoms with Crippen molar-refractivity contribution in [1.82, 2.24) is 14.8 Å². The number of benzene rings is 1. The van der Waals surface area contributed by atoms with E-state index in [9.17, 15) is 14.3 Å². The van der Waals surface area contributed by atoms with Crippen LogP contribution in [-0.4, -0.2) is 25.8 Å². The number of rotatable bonds is 6. The smallest absolute Gasteiger partial charge is 0.274 e. The Morgan fingerprint density at radius 1 is 1.14 bits per heavy atom. The van der Waals surface area contributed by atoms with Crippen molar-refractivity contribution in [2.24, 2.45) is 11.8 Å². The summed E-state index contributed by atoms with van der Waals surface area (Å²) in [6, 6.07) is 8.79. The molecule has 1 aromatic carbocycles. The fourth-order valence-corrected chi connectivity index (χ4v) is 5.00. The zero-order valence-corrected chi connectivity index (χ0v) is 21.6. The minimum atomic E-state index is -1.66. The number of nitrogens with one attached hydrogen (secondary N) is 1. The molecule has 0 unspecified atom stereocenters. The number of aromatic nitrogens is 3. The topological polar surface area (TPSA) is 80.0 Å². The molecule has 1 aliphatic carbocycles. The lowest BCUT2D eigenvalue weighted by Crippen LogP contribution is -2.22. The van der Waals surface area contributed by atoms with E-state index in [4.69, 9.17) is 5.10 Å². The molecule has 0 atom stereocenters. The van der Waals surface area contributed by atoms with Gasteiger partial charge in [0.25, 0.3) is 5.91 Å². The second-order valence-corrected chi connectivity index (χ2v) is 11.3. The van der Waals surface area contributed by atoms with E-state index in [2.05, 4.69) is 28.8 Å². The molecule has 3 aromatic rings. The van der Waals surface area contributed by atoms with Crippen molar-refractivity contribution >= 4 is 22.5 Å². The number of hydrogen-bond acceptors (Lipinski definition) is 4. The van der Waals surface area contributed by atoms with Crippen LogP contribution >= 0.6 is 0 Å². The molecule has 7 heteroatoms. The Balaban J connectivity index is 1.64. The SMILES string of the molecule is CC(C)C1CCC(n2cc3cc(NC(=O)c4cccc(C(C)(C)F)n4)c(C(C)(C)O)cc3n2)CC1. The van der Waals surface area contributed by atoms with Gasteiger partial charge >= 0.3 is 0 Å². The van der Waals surface area contributed by atoms with Gasteiger partial charge in [0.15, 0.2) is 0 Å². The Bertz CT molecular complexity index is 1210. The normalized spacial score (nSPS) is 19.3. The van der Waals surface area contributed by atoms with E-state index in [-0.39, 0.29) is 11.4 Å². The number of pyridine rings is 1. The molecule has 1 amide bonds. The van der Waals surface area contributed by atoms with Crippen LogP contribution < -0.4 is 5.32 Å². The van der Waals surface area contributed by atoms with Gasteiger partial charge in [-0.05, 0) is 89.5 Å². The summed E-state index contributed by atoms with van der Waals surface area (Å²) in [5, 5.41) is 19.5. The zero-order valence-electron chi connectivity index (χ0n) is 21.6. The number of amides is 1. The van der Waals surface area contributed by atoms with Crippen molar-refractivity contribution in [3.8, 4) is 0 Å². The van der Waals surface area contributed by atoms with Gasteiger partial charge in [-0.1, -0.05) is 19.9 Å². The number of anilines is 1. The lowest BCUT2D eigenvalue weighted by atomic mass is 9.80. The standard InChI is InChI=1S/C28H37FN4O2/c1-17(2)18-10-12-20(13-11-18)33-16-19-14-24(21(28(5,6)35)15-23(19)32-33)31-26(34)22-8-7-9-25(30-22)27(3,4)29/h7-9,14-18,20,35H,10-13H2,1-6H3,(H,31,34). The van der Waals surface area contributed by atoms with Crippen LogP contribution in [0.25, 0.3) is 10.9 Å². The molecule has 6 nitrogen and oxygen atoms in total. The Hall–Kier alpha value is -2.80. The third-order valence-electron chi connectivity index (χ3n) is 7.22. The molecule has 2 aromatic heterocycles. The maximum absolute atomic E-state index is 14.4. The first kappa shape index (κ1) is 25.3. The monoisotopic (exact) mass is 480 g/mol. The molecule has 0 radical (unpaired) electrons. The Morgan fingerprint density at radius 3 is 2.43 bits per heavy atom. The van der Waals surface area contributed by atoms with Crippen LogP contribution in [0, 0.1) is 11.8 Å². The number of carbonyl (C=O) groups is 1. The molecule has 188 valence electrons. The summed E-state index contributed by atoms with van der Waals surface area (Å²) < 4.78 is 16.4. The van der Waals surface area contributed by atoms with Crippen molar-refractivity contribution < 1.29 is 14.3 Å². The summed E-state index contributed by atoms with van der Waals surface area (Å²) in [5.74, 6) is 1.02. The average molecular weight is 481 g/mol. The van der Waals surface area contributed by atoms with E-state index in [1.165, 1.54) is 26.7 Å². The van der Waals surface area contributed by atoms with Gasteiger partial charge in [-0.2, -0.15) is 5.10 Å². The molecule has 1 saturated carbocycles. The summed E-state index contributed by atoms with van der Waals surface area (Å²) in [4.78, 5) is 17.3. The average Bonchev–Trinajstić information content (AvgIpc) is 3.20. The van der Waals surface area contributed by atoms with E-state index in [1.54, 1.807) is 32.0 Å². The predicted molar refractivity (Wildman–Crippen MR) is 137 cm³/mol. The molecule has 1 fully saturated rings. The van der Waals surface area contributed by atoms with Crippen LogP contribution in [0.4, 0.5) is 10.1 Å². The van der Waals surface area contributed by atoms with Crippen molar-refractivity contribution in [1.29, 1.82) is 0 Å². The van der Waals surface area contributed by atoms with Crippen molar-refractivity contribution in [2.45, 2.75) is 84.5 Å². The molecule has 0 saturated heterocycles. The molecule has 4 rings (SSSR count). The number of alkyl halides is 1. The van der Waals surface area contributed by atoms with Gasteiger partial charge in [-0.15, -0.1) is 0 Å². The van der Waals surface area contributed by atoms with Crippen LogP contribution in [0.3, 0.4) is 0 Å². The van der Waals surface area contributed by atoms with Crippen molar-refractivity contribution in [3.63, 3.8) is 0 Å². The highest BCUT2D eigenvalue weighted by atomic mass is 19.1. The number of halogens is 1. The molecule has 35 heavy (non-hydrogen) atoms. The Morgan fingerprint density at radius 2 is 1.83 bits per heavy atom. The number of fused-ring (bicyclic) bond motifs is 1. The first-order valence-electron chi connectivity index (χ1n) is 12.6.